The molecule has 1 aromatic heterocycles. The third-order valence-electron chi connectivity index (χ3n) is 1.89. The highest BCUT2D eigenvalue weighted by atomic mass is 16.4. The fourth-order valence-electron chi connectivity index (χ4n) is 1.20. The van der Waals surface area contributed by atoms with Crippen LogP contribution in [0.1, 0.15) is 6.92 Å². The fourth-order valence-corrected chi connectivity index (χ4v) is 1.20. The summed E-state index contributed by atoms with van der Waals surface area (Å²) in [5.74, 6) is -0.376. The molecule has 0 aromatic carbocycles. The minimum Gasteiger partial charge on any atom is -0.478 e. The van der Waals surface area contributed by atoms with E-state index in [9.17, 15) is 4.79 Å². The second kappa shape index (κ2) is 2.58. The molecule has 13 heavy (non-hydrogen) atoms. The summed E-state index contributed by atoms with van der Waals surface area (Å²) in [6.07, 6.45) is 2.84. The molecule has 0 bridgehead atoms. The quantitative estimate of drug-likeness (QED) is 0.636. The van der Waals surface area contributed by atoms with E-state index >= 15 is 0 Å². The van der Waals surface area contributed by atoms with Crippen LogP contribution in [0.5, 0.6) is 0 Å². The van der Waals surface area contributed by atoms with Gasteiger partial charge in [0.25, 0.3) is 0 Å². The Morgan fingerprint density at radius 2 is 2.54 bits per heavy atom. The van der Waals surface area contributed by atoms with Crippen LogP contribution in [0.15, 0.2) is 11.9 Å². The Labute approximate surface area is 73.9 Å². The van der Waals surface area contributed by atoms with E-state index in [-0.39, 0.29) is 11.6 Å². The largest absolute Gasteiger partial charge is 0.478 e. The summed E-state index contributed by atoms with van der Waals surface area (Å²) in [5.41, 5.74) is 0.276. The molecule has 1 unspecified atom stereocenters. The van der Waals surface area contributed by atoms with Crippen molar-refractivity contribution < 1.29 is 9.90 Å². The van der Waals surface area contributed by atoms with Gasteiger partial charge in [-0.05, 0) is 6.92 Å². The average molecular weight is 180 g/mol. The second-order valence-electron chi connectivity index (χ2n) is 2.78. The summed E-state index contributed by atoms with van der Waals surface area (Å²) in [7, 11) is 0. The van der Waals surface area contributed by atoms with Gasteiger partial charge in [-0.3, -0.25) is 0 Å². The Morgan fingerprint density at radius 3 is 3.23 bits per heavy atom. The van der Waals surface area contributed by atoms with Gasteiger partial charge in [0, 0.05) is 6.20 Å². The Morgan fingerprint density at radius 1 is 1.77 bits per heavy atom. The van der Waals surface area contributed by atoms with Gasteiger partial charge in [0.05, 0.1) is 11.6 Å². The molecular weight excluding hydrogens is 172 g/mol. The minimum absolute atomic E-state index is 0.241. The second-order valence-corrected chi connectivity index (χ2v) is 2.78. The predicted octanol–water partition coefficient (Wildman–Crippen LogP) is 0.0176. The topological polar surface area (TPSA) is 80.0 Å². The maximum Gasteiger partial charge on any atom is 0.335 e. The molecule has 0 saturated carbocycles. The Bertz CT molecular complexity index is 382. The molecule has 0 amide bonds. The molecule has 0 aliphatic carbocycles. The van der Waals surface area contributed by atoms with E-state index in [1.165, 1.54) is 17.2 Å². The normalized spacial score (nSPS) is 20.1. The number of nitrogens with one attached hydrogen (secondary N) is 1. The van der Waals surface area contributed by atoms with Crippen LogP contribution in [0, 0.1) is 0 Å². The number of aliphatic carboxylic acids is 1. The molecule has 6 heteroatoms. The third kappa shape index (κ3) is 1.16. The molecule has 2 rings (SSSR count). The summed E-state index contributed by atoms with van der Waals surface area (Å²) < 4.78 is 1.41. The number of fused-ring (bicyclic) bond motifs is 1. The van der Waals surface area contributed by atoms with E-state index in [2.05, 4.69) is 15.4 Å². The summed E-state index contributed by atoms with van der Waals surface area (Å²) in [4.78, 5) is 14.6. The number of anilines is 1. The zero-order chi connectivity index (χ0) is 9.42. The van der Waals surface area contributed by atoms with E-state index in [0.29, 0.717) is 5.95 Å². The molecule has 0 saturated heterocycles. The molecule has 2 N–H and O–H groups in total. The fraction of sp³-hybridized carbons (Fsp3) is 0.286. The van der Waals surface area contributed by atoms with E-state index < -0.39 is 5.97 Å². The van der Waals surface area contributed by atoms with E-state index in [4.69, 9.17) is 5.11 Å². The third-order valence-corrected chi connectivity index (χ3v) is 1.89. The highest BCUT2D eigenvalue weighted by Crippen LogP contribution is 2.17. The van der Waals surface area contributed by atoms with Crippen molar-refractivity contribution in [3.8, 4) is 0 Å². The van der Waals surface area contributed by atoms with Gasteiger partial charge in [0.15, 0.2) is 0 Å². The summed E-state index contributed by atoms with van der Waals surface area (Å²) in [6, 6.07) is -0.241. The predicted molar refractivity (Wildman–Crippen MR) is 45.0 cm³/mol. The standard InChI is InChI=1S/C7H8N4O2/c1-4-5(6(12)13)2-11-7(10-4)8-3-9-11/h2-4H,1H3,(H,12,13)(H,8,9,10). The van der Waals surface area contributed by atoms with E-state index in [1.54, 1.807) is 6.92 Å². The van der Waals surface area contributed by atoms with Gasteiger partial charge in [-0.2, -0.15) is 10.1 Å². The molecule has 68 valence electrons. The molecule has 1 atom stereocenters. The van der Waals surface area contributed by atoms with Crippen LogP contribution in [0.4, 0.5) is 5.95 Å². The van der Waals surface area contributed by atoms with Crippen LogP contribution in [0.3, 0.4) is 0 Å². The van der Waals surface area contributed by atoms with Crippen LogP contribution >= 0.6 is 0 Å². The van der Waals surface area contributed by atoms with Crippen molar-refractivity contribution in [2.24, 2.45) is 0 Å². The van der Waals surface area contributed by atoms with Crippen molar-refractivity contribution in [1.29, 1.82) is 0 Å². The molecule has 0 spiro atoms. The number of carboxylic acid groups (broad SMARTS) is 1. The smallest absolute Gasteiger partial charge is 0.335 e. The van der Waals surface area contributed by atoms with Crippen LogP contribution < -0.4 is 5.32 Å². The molecule has 2 heterocycles. The van der Waals surface area contributed by atoms with Crippen LogP contribution in [-0.2, 0) is 4.79 Å². The zero-order valence-corrected chi connectivity index (χ0v) is 6.93. The average Bonchev–Trinajstić information content (AvgIpc) is 2.48. The first-order valence-corrected chi connectivity index (χ1v) is 3.79. The van der Waals surface area contributed by atoms with Gasteiger partial charge in [-0.25, -0.2) is 9.48 Å². The molecule has 1 aliphatic rings. The number of carbonyl (C=O) groups is 1. The lowest BCUT2D eigenvalue weighted by Crippen LogP contribution is -2.28. The maximum atomic E-state index is 10.7. The first kappa shape index (κ1) is 7.78. The first-order valence-electron chi connectivity index (χ1n) is 3.79. The number of aromatic nitrogens is 3. The lowest BCUT2D eigenvalue weighted by atomic mass is 10.1. The highest BCUT2D eigenvalue weighted by molar-refractivity contribution is 5.92. The Kier molecular flexibility index (Phi) is 1.54. The summed E-state index contributed by atoms with van der Waals surface area (Å²) in [5, 5.41) is 15.5. The van der Waals surface area contributed by atoms with Gasteiger partial charge < -0.3 is 10.4 Å². The van der Waals surface area contributed by atoms with Crippen molar-refractivity contribution in [2.75, 3.05) is 5.32 Å². The van der Waals surface area contributed by atoms with Crippen LogP contribution in [0.2, 0.25) is 0 Å². The molecule has 0 radical (unpaired) electrons. The van der Waals surface area contributed by atoms with Crippen molar-refractivity contribution >= 4 is 18.1 Å². The number of hydrogen-bond donors (Lipinski definition) is 2. The number of rotatable bonds is 1. The Hall–Kier alpha value is -1.85. The van der Waals surface area contributed by atoms with Crippen molar-refractivity contribution in [2.45, 2.75) is 13.0 Å². The minimum atomic E-state index is -0.943. The van der Waals surface area contributed by atoms with Crippen LogP contribution in [0.25, 0.3) is 6.20 Å². The molecular formula is C7H8N4O2. The SMILES string of the molecule is CC1Nc2ncnn2C=C1C(=O)O. The van der Waals surface area contributed by atoms with Crippen molar-refractivity contribution in [3.05, 3.63) is 11.9 Å². The number of nitrogens with zero attached hydrogens (tertiary/aromatic N) is 3. The highest BCUT2D eigenvalue weighted by Gasteiger charge is 2.22. The summed E-state index contributed by atoms with van der Waals surface area (Å²) >= 11 is 0. The summed E-state index contributed by atoms with van der Waals surface area (Å²) in [6.45, 7) is 1.76. The monoisotopic (exact) mass is 180 g/mol. The Balaban J connectivity index is 2.46. The van der Waals surface area contributed by atoms with Crippen molar-refractivity contribution in [3.63, 3.8) is 0 Å². The van der Waals surface area contributed by atoms with Gasteiger partial charge >= 0.3 is 5.97 Å². The molecule has 1 aromatic rings. The molecule has 1 aliphatic heterocycles. The van der Waals surface area contributed by atoms with Gasteiger partial charge in [0.2, 0.25) is 5.95 Å². The van der Waals surface area contributed by atoms with E-state index in [0.717, 1.165) is 0 Å². The molecule has 6 nitrogen and oxygen atoms in total. The lowest BCUT2D eigenvalue weighted by molar-refractivity contribution is -0.132. The first-order chi connectivity index (χ1) is 6.18. The van der Waals surface area contributed by atoms with Gasteiger partial charge in [-0.15, -0.1) is 0 Å². The van der Waals surface area contributed by atoms with Gasteiger partial charge in [-0.1, -0.05) is 0 Å². The molecule has 0 fully saturated rings. The lowest BCUT2D eigenvalue weighted by Gasteiger charge is -2.19. The maximum absolute atomic E-state index is 10.7. The zero-order valence-electron chi connectivity index (χ0n) is 6.93. The van der Waals surface area contributed by atoms with Crippen LogP contribution in [-0.4, -0.2) is 31.9 Å². The van der Waals surface area contributed by atoms with Crippen molar-refractivity contribution in [1.82, 2.24) is 14.8 Å². The number of carboxylic acids is 1. The van der Waals surface area contributed by atoms with E-state index in [1.807, 2.05) is 0 Å². The van der Waals surface area contributed by atoms with Gasteiger partial charge in [0.1, 0.15) is 6.33 Å². The number of hydrogen-bond acceptors (Lipinski definition) is 4.